The van der Waals surface area contributed by atoms with Gasteiger partial charge in [0.25, 0.3) is 5.91 Å². The third-order valence-electron chi connectivity index (χ3n) is 3.23. The summed E-state index contributed by atoms with van der Waals surface area (Å²) in [7, 11) is 0. The van der Waals surface area contributed by atoms with Gasteiger partial charge in [0.1, 0.15) is 0 Å². The first kappa shape index (κ1) is 12.9. The van der Waals surface area contributed by atoms with Crippen molar-refractivity contribution in [3.63, 3.8) is 0 Å². The van der Waals surface area contributed by atoms with Crippen molar-refractivity contribution >= 4 is 28.5 Å². The quantitative estimate of drug-likeness (QED) is 0.716. The summed E-state index contributed by atoms with van der Waals surface area (Å²) in [5.74, 6) is 1.41. The summed E-state index contributed by atoms with van der Waals surface area (Å²) < 4.78 is 1.12. The molecular weight excluding hydrogens is 325 g/mol. The largest absolute Gasteiger partial charge is 0.338 e. The van der Waals surface area contributed by atoms with E-state index in [4.69, 9.17) is 0 Å². The van der Waals surface area contributed by atoms with Gasteiger partial charge in [-0.05, 0) is 59.0 Å². The lowest BCUT2D eigenvalue weighted by molar-refractivity contribution is 0.0623. The maximum absolute atomic E-state index is 12.4. The van der Waals surface area contributed by atoms with Crippen molar-refractivity contribution < 1.29 is 4.79 Å². The molecule has 92 valence electrons. The molecule has 0 bridgehead atoms. The summed E-state index contributed by atoms with van der Waals surface area (Å²) in [6.07, 6.45) is 1.23. The molecule has 2 atom stereocenters. The van der Waals surface area contributed by atoms with E-state index in [-0.39, 0.29) is 5.91 Å². The van der Waals surface area contributed by atoms with Crippen LogP contribution < -0.4 is 0 Å². The number of likely N-dealkylation sites (tertiary alicyclic amines) is 1. The fourth-order valence-electron chi connectivity index (χ4n) is 2.63. The zero-order chi connectivity index (χ0) is 12.4. The van der Waals surface area contributed by atoms with Crippen molar-refractivity contribution in [3.8, 4) is 0 Å². The second-order valence-corrected chi connectivity index (χ2v) is 6.41. The number of amides is 1. The molecule has 2 nitrogen and oxygen atoms in total. The second kappa shape index (κ2) is 5.38. The Morgan fingerprint density at radius 1 is 1.29 bits per heavy atom. The zero-order valence-corrected chi connectivity index (χ0v) is 12.5. The van der Waals surface area contributed by atoms with Gasteiger partial charge in [0.05, 0.1) is 0 Å². The van der Waals surface area contributed by atoms with Gasteiger partial charge in [-0.25, -0.2) is 0 Å². The lowest BCUT2D eigenvalue weighted by Gasteiger charge is -2.35. The molecule has 2 rings (SSSR count). The van der Waals surface area contributed by atoms with Crippen LogP contribution in [-0.2, 0) is 0 Å². The van der Waals surface area contributed by atoms with E-state index in [1.54, 1.807) is 0 Å². The predicted octanol–water partition coefficient (Wildman–Crippen LogP) is 3.41. The number of rotatable bonds is 1. The Bertz CT molecular complexity index is 408. The molecule has 17 heavy (non-hydrogen) atoms. The van der Waals surface area contributed by atoms with E-state index in [2.05, 4.69) is 36.4 Å². The summed E-state index contributed by atoms with van der Waals surface area (Å²) in [6, 6.07) is 7.84. The molecule has 1 aliphatic rings. The zero-order valence-electron chi connectivity index (χ0n) is 10.3. The van der Waals surface area contributed by atoms with Gasteiger partial charge in [0.2, 0.25) is 0 Å². The minimum Gasteiger partial charge on any atom is -0.338 e. The SMILES string of the molecule is CC1CC(C)CN(C(=O)c2cccc(I)c2)C1. The van der Waals surface area contributed by atoms with Crippen LogP contribution in [-0.4, -0.2) is 23.9 Å². The van der Waals surface area contributed by atoms with Crippen LogP contribution in [0.3, 0.4) is 0 Å². The number of benzene rings is 1. The minimum absolute atomic E-state index is 0.182. The van der Waals surface area contributed by atoms with Crippen molar-refractivity contribution in [2.45, 2.75) is 20.3 Å². The van der Waals surface area contributed by atoms with Crippen LogP contribution in [0.25, 0.3) is 0 Å². The highest BCUT2D eigenvalue weighted by atomic mass is 127. The van der Waals surface area contributed by atoms with Crippen molar-refractivity contribution in [3.05, 3.63) is 33.4 Å². The fourth-order valence-corrected chi connectivity index (χ4v) is 3.18. The molecule has 2 unspecified atom stereocenters. The molecule has 0 N–H and O–H groups in total. The molecule has 1 fully saturated rings. The van der Waals surface area contributed by atoms with Gasteiger partial charge in [-0.3, -0.25) is 4.79 Å². The molecule has 1 saturated heterocycles. The maximum atomic E-state index is 12.4. The van der Waals surface area contributed by atoms with Gasteiger partial charge < -0.3 is 4.90 Å². The van der Waals surface area contributed by atoms with Crippen LogP contribution in [0.4, 0.5) is 0 Å². The number of carbonyl (C=O) groups is 1. The first-order chi connectivity index (χ1) is 8.06. The molecule has 1 amide bonds. The topological polar surface area (TPSA) is 20.3 Å². The van der Waals surface area contributed by atoms with E-state index in [1.165, 1.54) is 6.42 Å². The average Bonchev–Trinajstić information content (AvgIpc) is 2.26. The standard InChI is InChI=1S/C14H18INO/c1-10-6-11(2)9-16(8-10)14(17)12-4-3-5-13(15)7-12/h3-5,7,10-11H,6,8-9H2,1-2H3. The number of piperidine rings is 1. The van der Waals surface area contributed by atoms with Crippen LogP contribution in [0.2, 0.25) is 0 Å². The molecule has 1 heterocycles. The van der Waals surface area contributed by atoms with Crippen LogP contribution in [0, 0.1) is 15.4 Å². The van der Waals surface area contributed by atoms with Crippen LogP contribution in [0.1, 0.15) is 30.6 Å². The summed E-state index contributed by atoms with van der Waals surface area (Å²) in [4.78, 5) is 14.4. The van der Waals surface area contributed by atoms with Gasteiger partial charge in [0.15, 0.2) is 0 Å². The average molecular weight is 343 g/mol. The summed E-state index contributed by atoms with van der Waals surface area (Å²) in [6.45, 7) is 6.25. The first-order valence-electron chi connectivity index (χ1n) is 6.11. The van der Waals surface area contributed by atoms with Crippen molar-refractivity contribution in [2.75, 3.05) is 13.1 Å². The number of nitrogens with zero attached hydrogens (tertiary/aromatic N) is 1. The van der Waals surface area contributed by atoms with E-state index in [0.29, 0.717) is 11.8 Å². The summed E-state index contributed by atoms with van der Waals surface area (Å²) in [5.41, 5.74) is 0.818. The fraction of sp³-hybridized carbons (Fsp3) is 0.500. The van der Waals surface area contributed by atoms with Gasteiger partial charge in [-0.1, -0.05) is 19.9 Å². The lowest BCUT2D eigenvalue weighted by atomic mass is 9.91. The number of halogens is 1. The Morgan fingerprint density at radius 3 is 2.53 bits per heavy atom. The second-order valence-electron chi connectivity index (χ2n) is 5.17. The predicted molar refractivity (Wildman–Crippen MR) is 78.0 cm³/mol. The molecule has 1 aromatic rings. The van der Waals surface area contributed by atoms with E-state index in [9.17, 15) is 4.79 Å². The molecule has 3 heteroatoms. The molecule has 0 aromatic heterocycles. The van der Waals surface area contributed by atoms with Gasteiger partial charge in [-0.15, -0.1) is 0 Å². The maximum Gasteiger partial charge on any atom is 0.253 e. The summed E-state index contributed by atoms with van der Waals surface area (Å²) >= 11 is 2.25. The number of hydrogen-bond donors (Lipinski definition) is 0. The monoisotopic (exact) mass is 343 g/mol. The summed E-state index contributed by atoms with van der Waals surface area (Å²) in [5, 5.41) is 0. The minimum atomic E-state index is 0.182. The molecule has 0 aliphatic carbocycles. The van der Waals surface area contributed by atoms with E-state index in [1.807, 2.05) is 29.2 Å². The lowest BCUT2D eigenvalue weighted by Crippen LogP contribution is -2.42. The van der Waals surface area contributed by atoms with Gasteiger partial charge in [-0.2, -0.15) is 0 Å². The molecule has 0 radical (unpaired) electrons. The Balaban J connectivity index is 2.14. The van der Waals surface area contributed by atoms with Crippen molar-refractivity contribution in [2.24, 2.45) is 11.8 Å². The molecule has 1 aliphatic heterocycles. The van der Waals surface area contributed by atoms with Gasteiger partial charge in [0, 0.05) is 22.2 Å². The first-order valence-corrected chi connectivity index (χ1v) is 7.19. The molecule has 0 saturated carbocycles. The van der Waals surface area contributed by atoms with Crippen molar-refractivity contribution in [1.29, 1.82) is 0 Å². The number of carbonyl (C=O) groups excluding carboxylic acids is 1. The molecular formula is C14H18INO. The van der Waals surface area contributed by atoms with Crippen molar-refractivity contribution in [1.82, 2.24) is 4.90 Å². The van der Waals surface area contributed by atoms with Crippen LogP contribution in [0.15, 0.2) is 24.3 Å². The Labute approximate surface area is 117 Å². The Kier molecular flexibility index (Phi) is 4.07. The normalized spacial score (nSPS) is 24.8. The number of hydrogen-bond acceptors (Lipinski definition) is 1. The Hall–Kier alpha value is -0.580. The van der Waals surface area contributed by atoms with E-state index < -0.39 is 0 Å². The van der Waals surface area contributed by atoms with Crippen LogP contribution >= 0.6 is 22.6 Å². The smallest absolute Gasteiger partial charge is 0.253 e. The van der Waals surface area contributed by atoms with Crippen LogP contribution in [0.5, 0.6) is 0 Å². The highest BCUT2D eigenvalue weighted by molar-refractivity contribution is 14.1. The van der Waals surface area contributed by atoms with E-state index >= 15 is 0 Å². The highest BCUT2D eigenvalue weighted by Crippen LogP contribution is 2.22. The Morgan fingerprint density at radius 2 is 1.94 bits per heavy atom. The third-order valence-corrected chi connectivity index (χ3v) is 3.90. The third kappa shape index (κ3) is 3.21. The van der Waals surface area contributed by atoms with E-state index in [0.717, 1.165) is 22.2 Å². The molecule has 0 spiro atoms. The van der Waals surface area contributed by atoms with Gasteiger partial charge >= 0.3 is 0 Å². The highest BCUT2D eigenvalue weighted by Gasteiger charge is 2.25. The molecule has 1 aromatic carbocycles.